The lowest BCUT2D eigenvalue weighted by atomic mass is 9.88. The van der Waals surface area contributed by atoms with Gasteiger partial charge in [-0.1, -0.05) is 85.6 Å². The van der Waals surface area contributed by atoms with Gasteiger partial charge < -0.3 is 18.7 Å². The number of carbonyl (C=O) groups is 1. The summed E-state index contributed by atoms with van der Waals surface area (Å²) in [7, 11) is -2.62. The number of hydrogen-bond acceptors (Lipinski definition) is 5. The highest BCUT2D eigenvalue weighted by Gasteiger charge is 2.50. The first-order chi connectivity index (χ1) is 18.4. The zero-order valence-corrected chi connectivity index (χ0v) is 30.1. The van der Waals surface area contributed by atoms with Gasteiger partial charge in [-0.25, -0.2) is 0 Å². The number of aliphatic hydroxyl groups excluding tert-OH is 1. The fraction of sp³-hybridized carbons (Fsp3) is 0.848. The Morgan fingerprint density at radius 1 is 0.925 bits per heavy atom. The number of rotatable bonds is 16. The largest absolute Gasteiger partial charge is 0.469 e. The Balaban J connectivity index is 3.28. The smallest absolute Gasteiger partial charge is 0.305 e. The van der Waals surface area contributed by atoms with Gasteiger partial charge in [-0.2, -0.15) is 0 Å². The van der Waals surface area contributed by atoms with Crippen LogP contribution in [-0.2, 0) is 18.4 Å². The molecule has 1 rings (SSSR count). The molecule has 0 saturated heterocycles. The highest BCUT2D eigenvalue weighted by molar-refractivity contribution is 6.74. The van der Waals surface area contributed by atoms with Crippen LogP contribution in [0.3, 0.4) is 0 Å². The highest BCUT2D eigenvalue weighted by Crippen LogP contribution is 2.48. The number of aliphatic hydroxyl groups is 1. The molecule has 0 aromatic heterocycles. The van der Waals surface area contributed by atoms with E-state index in [2.05, 4.69) is 92.9 Å². The monoisotopic (exact) mass is 596 g/mol. The zero-order valence-electron chi connectivity index (χ0n) is 28.1. The zero-order chi connectivity index (χ0) is 30.8. The van der Waals surface area contributed by atoms with E-state index in [4.69, 9.17) is 13.6 Å². The second kappa shape index (κ2) is 16.2. The van der Waals surface area contributed by atoms with Crippen LogP contribution in [0.2, 0.25) is 36.3 Å². The molecule has 1 fully saturated rings. The van der Waals surface area contributed by atoms with E-state index in [1.807, 2.05) is 6.08 Å². The summed E-state index contributed by atoms with van der Waals surface area (Å²) in [6.07, 6.45) is 16.3. The summed E-state index contributed by atoms with van der Waals surface area (Å²) in [6, 6.07) is 0. The average molecular weight is 597 g/mol. The Bertz CT molecular complexity index is 807. The third-order valence-electron chi connectivity index (χ3n) is 9.59. The van der Waals surface area contributed by atoms with E-state index in [0.29, 0.717) is 12.8 Å². The molecule has 5 nitrogen and oxygen atoms in total. The van der Waals surface area contributed by atoms with Crippen LogP contribution in [0, 0.1) is 11.8 Å². The van der Waals surface area contributed by atoms with Crippen molar-refractivity contribution in [1.29, 1.82) is 0 Å². The Hall–Kier alpha value is -0.736. The molecule has 1 N–H and O–H groups in total. The molecular weight excluding hydrogens is 533 g/mol. The van der Waals surface area contributed by atoms with E-state index in [9.17, 15) is 9.90 Å². The maximum atomic E-state index is 12.0. The minimum absolute atomic E-state index is 0.0341. The molecule has 1 aliphatic carbocycles. The first-order valence-electron chi connectivity index (χ1n) is 15.8. The molecule has 5 atom stereocenters. The average Bonchev–Trinajstić information content (AvgIpc) is 3.12. The number of esters is 1. The summed E-state index contributed by atoms with van der Waals surface area (Å²) in [5, 5.41) is 11.0. The molecule has 40 heavy (non-hydrogen) atoms. The van der Waals surface area contributed by atoms with Crippen LogP contribution >= 0.6 is 0 Å². The van der Waals surface area contributed by atoms with Crippen molar-refractivity contribution in [2.45, 2.75) is 161 Å². The second-order valence-electron chi connectivity index (χ2n) is 14.9. The van der Waals surface area contributed by atoms with E-state index < -0.39 is 22.7 Å². The predicted molar refractivity (Wildman–Crippen MR) is 175 cm³/mol. The first-order valence-corrected chi connectivity index (χ1v) is 21.6. The molecule has 1 aliphatic rings. The van der Waals surface area contributed by atoms with E-state index in [1.165, 1.54) is 26.4 Å². The third kappa shape index (κ3) is 11.9. The van der Waals surface area contributed by atoms with E-state index in [-0.39, 0.29) is 40.1 Å². The quantitative estimate of drug-likeness (QED) is 0.0833. The van der Waals surface area contributed by atoms with Crippen LogP contribution in [-0.4, -0.2) is 53.1 Å². The molecular formula is C33H64O5Si2. The Morgan fingerprint density at radius 2 is 1.50 bits per heavy atom. The number of carbonyl (C=O) groups excluding carboxylic acids is 1. The Morgan fingerprint density at radius 3 is 2.02 bits per heavy atom. The van der Waals surface area contributed by atoms with Crippen molar-refractivity contribution in [3.63, 3.8) is 0 Å². The molecule has 1 saturated carbocycles. The normalized spacial score (nSPS) is 23.8. The van der Waals surface area contributed by atoms with Gasteiger partial charge in [0.15, 0.2) is 16.6 Å². The Kier molecular flexibility index (Phi) is 15.1. The fourth-order valence-corrected chi connectivity index (χ4v) is 7.63. The van der Waals surface area contributed by atoms with Crippen LogP contribution in [0.4, 0.5) is 0 Å². The van der Waals surface area contributed by atoms with Gasteiger partial charge in [0, 0.05) is 12.3 Å². The van der Waals surface area contributed by atoms with Crippen molar-refractivity contribution >= 4 is 22.6 Å². The van der Waals surface area contributed by atoms with Crippen LogP contribution in [0.25, 0.3) is 0 Å². The van der Waals surface area contributed by atoms with Gasteiger partial charge in [0.2, 0.25) is 0 Å². The minimum Gasteiger partial charge on any atom is -0.469 e. The van der Waals surface area contributed by atoms with Crippen LogP contribution in [0.5, 0.6) is 0 Å². The molecule has 0 spiro atoms. The van der Waals surface area contributed by atoms with Crippen LogP contribution in [0.1, 0.15) is 106 Å². The summed E-state index contributed by atoms with van der Waals surface area (Å²) in [4.78, 5) is 12.0. The molecule has 0 unspecified atom stereocenters. The maximum Gasteiger partial charge on any atom is 0.305 e. The lowest BCUT2D eigenvalue weighted by molar-refractivity contribution is -0.140. The SMILES string of the molecule is CCCCC/C=C\C[C@H](O)/C=C/[C@@H]1[C@H](CCCC(=O)OC)[C@@H](O[Si](C)(C)C(C)(C)C)C[C@H]1O[Si](C)(C)C(C)(C)C. The molecule has 0 radical (unpaired) electrons. The summed E-state index contributed by atoms with van der Waals surface area (Å²) < 4.78 is 19.1. The number of methoxy groups -OCH3 is 1. The minimum atomic E-state index is -2.04. The first kappa shape index (κ1) is 37.3. The summed E-state index contributed by atoms with van der Waals surface area (Å²) in [6.45, 7) is 25.2. The number of allylic oxidation sites excluding steroid dienone is 1. The number of hydrogen-bond donors (Lipinski definition) is 1. The second-order valence-corrected chi connectivity index (χ2v) is 24.4. The van der Waals surface area contributed by atoms with Gasteiger partial charge in [-0.3, -0.25) is 4.79 Å². The number of unbranched alkanes of at least 4 members (excludes halogenated alkanes) is 3. The molecule has 0 bridgehead atoms. The van der Waals surface area contributed by atoms with Gasteiger partial charge in [0.05, 0.1) is 25.4 Å². The topological polar surface area (TPSA) is 65.0 Å². The molecule has 0 aliphatic heterocycles. The van der Waals surface area contributed by atoms with E-state index in [0.717, 1.165) is 25.7 Å². The fourth-order valence-electron chi connectivity index (χ4n) is 4.89. The maximum absolute atomic E-state index is 12.0. The molecule has 234 valence electrons. The molecule has 0 heterocycles. The van der Waals surface area contributed by atoms with Crippen molar-refractivity contribution in [2.75, 3.05) is 7.11 Å². The standard InChI is InChI=1S/C33H64O5Si2/c1-13-14-15-16-17-18-20-26(34)23-24-28-27(21-19-22-31(35)36-8)29(37-39(9,10)32(2,3)4)25-30(28)38-40(11,12)33(5,6)7/h17-18,23-24,26-30,34H,13-16,19-22,25H2,1-12H3/b18-17-,24-23+/t26-,27-,28+,29-,30+/m0/s1. The Labute approximate surface area is 249 Å². The van der Waals surface area contributed by atoms with Crippen LogP contribution < -0.4 is 0 Å². The highest BCUT2D eigenvalue weighted by atomic mass is 28.4. The molecule has 7 heteroatoms. The summed E-state index contributed by atoms with van der Waals surface area (Å²) in [5.41, 5.74) is 0. The predicted octanol–water partition coefficient (Wildman–Crippen LogP) is 9.19. The van der Waals surface area contributed by atoms with Gasteiger partial charge in [-0.05, 0) is 80.7 Å². The van der Waals surface area contributed by atoms with Crippen molar-refractivity contribution in [3.8, 4) is 0 Å². The van der Waals surface area contributed by atoms with E-state index in [1.54, 1.807) is 0 Å². The van der Waals surface area contributed by atoms with Gasteiger partial charge in [0.25, 0.3) is 0 Å². The van der Waals surface area contributed by atoms with Gasteiger partial charge in [-0.15, -0.1) is 0 Å². The summed E-state index contributed by atoms with van der Waals surface area (Å²) in [5.74, 6) is 0.188. The molecule has 0 aromatic carbocycles. The van der Waals surface area contributed by atoms with Gasteiger partial charge in [0.1, 0.15) is 0 Å². The third-order valence-corrected chi connectivity index (χ3v) is 18.6. The molecule has 0 amide bonds. The number of ether oxygens (including phenoxy) is 1. The lowest BCUT2D eigenvalue weighted by Crippen LogP contribution is -2.45. The van der Waals surface area contributed by atoms with Crippen LogP contribution in [0.15, 0.2) is 24.3 Å². The van der Waals surface area contributed by atoms with E-state index >= 15 is 0 Å². The summed E-state index contributed by atoms with van der Waals surface area (Å²) >= 11 is 0. The van der Waals surface area contributed by atoms with Crippen molar-refractivity contribution in [3.05, 3.63) is 24.3 Å². The van der Waals surface area contributed by atoms with Gasteiger partial charge >= 0.3 is 5.97 Å². The molecule has 0 aromatic rings. The lowest BCUT2D eigenvalue weighted by Gasteiger charge is -2.40. The van der Waals surface area contributed by atoms with Crippen molar-refractivity contribution < 1.29 is 23.5 Å². The van der Waals surface area contributed by atoms with Crippen molar-refractivity contribution in [1.82, 2.24) is 0 Å². The van der Waals surface area contributed by atoms with Crippen molar-refractivity contribution in [2.24, 2.45) is 11.8 Å².